The second-order valence-electron chi connectivity index (χ2n) is 7.61. The number of fused-ring (bicyclic) bond motifs is 1. The summed E-state index contributed by atoms with van der Waals surface area (Å²) in [5.74, 6) is 1.21. The lowest BCUT2D eigenvalue weighted by Crippen LogP contribution is -2.43. The summed E-state index contributed by atoms with van der Waals surface area (Å²) in [7, 11) is 3.07. The van der Waals surface area contributed by atoms with Gasteiger partial charge >= 0.3 is 5.63 Å². The minimum Gasteiger partial charge on any atom is -0.493 e. The highest BCUT2D eigenvalue weighted by atomic mass is 16.5. The van der Waals surface area contributed by atoms with Crippen molar-refractivity contribution >= 4 is 16.9 Å². The van der Waals surface area contributed by atoms with Gasteiger partial charge in [0.05, 0.1) is 32.4 Å². The summed E-state index contributed by atoms with van der Waals surface area (Å²) in [6.45, 7) is 3.45. The van der Waals surface area contributed by atoms with E-state index in [-0.39, 0.29) is 31.1 Å². The van der Waals surface area contributed by atoms with E-state index in [1.54, 1.807) is 49.6 Å². The van der Waals surface area contributed by atoms with E-state index >= 15 is 0 Å². The molecule has 0 radical (unpaired) electrons. The summed E-state index contributed by atoms with van der Waals surface area (Å²) < 4.78 is 21.6. The van der Waals surface area contributed by atoms with E-state index < -0.39 is 5.63 Å². The predicted molar refractivity (Wildman–Crippen MR) is 120 cm³/mol. The molecule has 1 aromatic heterocycles. The molecule has 8 nitrogen and oxygen atoms in total. The Morgan fingerprint density at radius 2 is 1.81 bits per heavy atom. The maximum Gasteiger partial charge on any atom is 0.344 e. The first-order chi connectivity index (χ1) is 15.4. The van der Waals surface area contributed by atoms with E-state index in [2.05, 4.69) is 5.32 Å². The van der Waals surface area contributed by atoms with E-state index in [1.165, 1.54) is 7.11 Å². The first kappa shape index (κ1) is 23.1. The molecule has 0 saturated carbocycles. The SMILES string of the molecule is COc1ccc(-c2cc3ccc(OCC(=O)N[C@H](CO)C(C)C)cc3oc2=O)cc1OC. The zero-order chi connectivity index (χ0) is 23.3. The van der Waals surface area contributed by atoms with Gasteiger partial charge in [0.2, 0.25) is 0 Å². The average molecular weight is 441 g/mol. The lowest BCUT2D eigenvalue weighted by Gasteiger charge is -2.19. The van der Waals surface area contributed by atoms with Gasteiger partial charge in [0.15, 0.2) is 18.1 Å². The second-order valence-corrected chi connectivity index (χ2v) is 7.61. The smallest absolute Gasteiger partial charge is 0.344 e. The number of rotatable bonds is 9. The summed E-state index contributed by atoms with van der Waals surface area (Å²) >= 11 is 0. The molecule has 2 aromatic carbocycles. The van der Waals surface area contributed by atoms with Crippen LogP contribution < -0.4 is 25.2 Å². The van der Waals surface area contributed by atoms with Crippen LogP contribution in [0.3, 0.4) is 0 Å². The lowest BCUT2D eigenvalue weighted by molar-refractivity contribution is -0.124. The predicted octanol–water partition coefficient (Wildman–Crippen LogP) is 2.99. The maximum atomic E-state index is 12.6. The van der Waals surface area contributed by atoms with Crippen molar-refractivity contribution in [3.63, 3.8) is 0 Å². The Hall–Kier alpha value is -3.52. The normalized spacial score (nSPS) is 11.9. The number of aliphatic hydroxyl groups excluding tert-OH is 1. The number of ether oxygens (including phenoxy) is 3. The van der Waals surface area contributed by atoms with Gasteiger partial charge in [-0.25, -0.2) is 4.79 Å². The van der Waals surface area contributed by atoms with Crippen molar-refractivity contribution in [1.29, 1.82) is 0 Å². The molecule has 170 valence electrons. The molecule has 0 aliphatic rings. The van der Waals surface area contributed by atoms with Gasteiger partial charge in [-0.15, -0.1) is 0 Å². The van der Waals surface area contributed by atoms with Crippen LogP contribution >= 0.6 is 0 Å². The summed E-state index contributed by atoms with van der Waals surface area (Å²) in [6, 6.07) is 11.6. The standard InChI is InChI=1S/C24H27NO7/c1-14(2)19(12-26)25-23(27)13-31-17-7-5-16-9-18(24(28)32-21(16)11-17)15-6-8-20(29-3)22(10-15)30-4/h5-11,14,19,26H,12-13H2,1-4H3,(H,25,27)/t19-/m1/s1. The summed E-state index contributed by atoms with van der Waals surface area (Å²) in [6.07, 6.45) is 0. The molecule has 1 heterocycles. The number of hydrogen-bond donors (Lipinski definition) is 2. The highest BCUT2D eigenvalue weighted by molar-refractivity contribution is 5.83. The minimum atomic E-state index is -0.512. The highest BCUT2D eigenvalue weighted by Crippen LogP contribution is 2.32. The van der Waals surface area contributed by atoms with E-state index in [9.17, 15) is 14.7 Å². The Morgan fingerprint density at radius 1 is 1.06 bits per heavy atom. The molecule has 0 bridgehead atoms. The van der Waals surface area contributed by atoms with Crippen molar-refractivity contribution in [3.8, 4) is 28.4 Å². The van der Waals surface area contributed by atoms with E-state index in [0.717, 1.165) is 0 Å². The van der Waals surface area contributed by atoms with Gasteiger partial charge in [0.25, 0.3) is 5.91 Å². The fraction of sp³-hybridized carbons (Fsp3) is 0.333. The van der Waals surface area contributed by atoms with Crippen molar-refractivity contribution < 1.29 is 28.5 Å². The topological polar surface area (TPSA) is 107 Å². The summed E-state index contributed by atoms with van der Waals surface area (Å²) in [5.41, 5.74) is 0.851. The van der Waals surface area contributed by atoms with Crippen molar-refractivity contribution in [2.24, 2.45) is 5.92 Å². The van der Waals surface area contributed by atoms with Gasteiger partial charge < -0.3 is 29.1 Å². The molecule has 1 amide bonds. The first-order valence-corrected chi connectivity index (χ1v) is 10.2. The molecule has 0 aliphatic heterocycles. The number of nitrogens with one attached hydrogen (secondary N) is 1. The third kappa shape index (κ3) is 5.20. The van der Waals surface area contributed by atoms with E-state index in [4.69, 9.17) is 18.6 Å². The molecule has 0 fully saturated rings. The molecule has 0 spiro atoms. The van der Waals surface area contributed by atoms with Crippen LogP contribution in [0.4, 0.5) is 0 Å². The van der Waals surface area contributed by atoms with Crippen molar-refractivity contribution in [3.05, 3.63) is 52.9 Å². The Bertz CT molecular complexity index is 1150. The van der Waals surface area contributed by atoms with Crippen LogP contribution in [0.25, 0.3) is 22.1 Å². The van der Waals surface area contributed by atoms with Crippen molar-refractivity contribution in [1.82, 2.24) is 5.32 Å². The quantitative estimate of drug-likeness (QED) is 0.492. The number of carbonyl (C=O) groups is 1. The van der Waals surface area contributed by atoms with Crippen LogP contribution in [0.5, 0.6) is 17.2 Å². The molecule has 1 atom stereocenters. The highest BCUT2D eigenvalue weighted by Gasteiger charge is 2.16. The van der Waals surface area contributed by atoms with Crippen LogP contribution in [0.1, 0.15) is 13.8 Å². The molecule has 3 rings (SSSR count). The number of carbonyl (C=O) groups excluding carboxylic acids is 1. The third-order valence-electron chi connectivity index (χ3n) is 5.12. The second kappa shape index (κ2) is 10.2. The zero-order valence-electron chi connectivity index (χ0n) is 18.5. The zero-order valence-corrected chi connectivity index (χ0v) is 18.5. The molecule has 2 N–H and O–H groups in total. The summed E-state index contributed by atoms with van der Waals surface area (Å²) in [5, 5.41) is 12.7. The van der Waals surface area contributed by atoms with Crippen molar-refractivity contribution in [2.45, 2.75) is 19.9 Å². The molecule has 0 aliphatic carbocycles. The van der Waals surface area contributed by atoms with E-state index in [1.807, 2.05) is 13.8 Å². The first-order valence-electron chi connectivity index (χ1n) is 10.2. The minimum absolute atomic E-state index is 0.0961. The summed E-state index contributed by atoms with van der Waals surface area (Å²) in [4.78, 5) is 24.7. The fourth-order valence-electron chi connectivity index (χ4n) is 3.21. The van der Waals surface area contributed by atoms with Crippen molar-refractivity contribution in [2.75, 3.05) is 27.4 Å². The largest absolute Gasteiger partial charge is 0.493 e. The molecule has 3 aromatic rings. The van der Waals surface area contributed by atoms with Gasteiger partial charge in [-0.3, -0.25) is 4.79 Å². The van der Waals surface area contributed by atoms with Gasteiger partial charge in [0, 0.05) is 11.5 Å². The molecule has 0 saturated heterocycles. The molecular formula is C24H27NO7. The van der Waals surface area contributed by atoms with Gasteiger partial charge in [-0.1, -0.05) is 19.9 Å². The van der Waals surface area contributed by atoms with E-state index in [0.29, 0.717) is 39.3 Å². The Kier molecular flexibility index (Phi) is 7.37. The van der Waals surface area contributed by atoms with Crippen LogP contribution in [0, 0.1) is 5.92 Å². The third-order valence-corrected chi connectivity index (χ3v) is 5.12. The Labute approximate surface area is 185 Å². The lowest BCUT2D eigenvalue weighted by atomic mass is 10.1. The monoisotopic (exact) mass is 441 g/mol. The van der Waals surface area contributed by atoms with Crippen LogP contribution in [0.15, 0.2) is 51.7 Å². The van der Waals surface area contributed by atoms with Gasteiger partial charge in [-0.2, -0.15) is 0 Å². The number of amides is 1. The number of hydrogen-bond acceptors (Lipinski definition) is 7. The van der Waals surface area contributed by atoms with Gasteiger partial charge in [0.1, 0.15) is 11.3 Å². The molecule has 8 heteroatoms. The fourth-order valence-corrected chi connectivity index (χ4v) is 3.21. The number of methoxy groups -OCH3 is 2. The Balaban J connectivity index is 1.80. The average Bonchev–Trinajstić information content (AvgIpc) is 2.79. The van der Waals surface area contributed by atoms with Crippen LogP contribution in [-0.4, -0.2) is 44.5 Å². The number of benzene rings is 2. The number of aliphatic hydroxyl groups is 1. The molecule has 32 heavy (non-hydrogen) atoms. The van der Waals surface area contributed by atoms with Crippen LogP contribution in [-0.2, 0) is 4.79 Å². The Morgan fingerprint density at radius 3 is 2.47 bits per heavy atom. The molecular weight excluding hydrogens is 414 g/mol. The maximum absolute atomic E-state index is 12.6. The molecule has 0 unspecified atom stereocenters. The van der Waals surface area contributed by atoms with Gasteiger partial charge in [-0.05, 0) is 41.8 Å². The van der Waals surface area contributed by atoms with Crippen LogP contribution in [0.2, 0.25) is 0 Å².